The van der Waals surface area contributed by atoms with Crippen molar-refractivity contribution < 1.29 is 9.53 Å². The van der Waals surface area contributed by atoms with E-state index in [9.17, 15) is 4.79 Å². The Balaban J connectivity index is 1.91. The third-order valence-corrected chi connectivity index (χ3v) is 4.82. The molecule has 0 saturated carbocycles. The molecule has 0 radical (unpaired) electrons. The van der Waals surface area contributed by atoms with Crippen LogP contribution in [0.25, 0.3) is 0 Å². The summed E-state index contributed by atoms with van der Waals surface area (Å²) in [6.07, 6.45) is 2.88. The van der Waals surface area contributed by atoms with E-state index in [-0.39, 0.29) is 24.2 Å². The quantitative estimate of drug-likeness (QED) is 0.785. The first kappa shape index (κ1) is 13.9. The molecule has 3 heterocycles. The maximum atomic E-state index is 12.0. The zero-order chi connectivity index (χ0) is 14.4. The lowest BCUT2D eigenvalue weighted by atomic mass is 10.0. The number of carbonyl (C=O) groups excluding carboxylic acids is 1. The van der Waals surface area contributed by atoms with Gasteiger partial charge in [-0.05, 0) is 33.2 Å². The maximum absolute atomic E-state index is 12.0. The molecule has 0 spiro atoms. The molecule has 2 saturated heterocycles. The predicted octanol–water partition coefficient (Wildman–Crippen LogP) is 2.22. The first-order chi connectivity index (χ1) is 9.49. The fourth-order valence-electron chi connectivity index (χ4n) is 3.50. The molecule has 2 aliphatic heterocycles. The number of hydrogen-bond acceptors (Lipinski definition) is 4. The molecule has 0 bridgehead atoms. The van der Waals surface area contributed by atoms with Crippen molar-refractivity contribution in [1.29, 1.82) is 0 Å². The lowest BCUT2D eigenvalue weighted by Gasteiger charge is -2.28. The first-order valence-corrected chi connectivity index (χ1v) is 7.52. The molecule has 1 aromatic rings. The number of halogens is 1. The van der Waals surface area contributed by atoms with Crippen LogP contribution < -0.4 is 0 Å². The minimum absolute atomic E-state index is 0.0132. The van der Waals surface area contributed by atoms with Crippen molar-refractivity contribution in [3.63, 3.8) is 0 Å². The smallest absolute Gasteiger partial charge is 0.323 e. The molecule has 2 fully saturated rings. The van der Waals surface area contributed by atoms with Gasteiger partial charge in [-0.1, -0.05) is 11.6 Å². The highest BCUT2D eigenvalue weighted by molar-refractivity contribution is 6.30. The van der Waals surface area contributed by atoms with Gasteiger partial charge in [0.05, 0.1) is 5.69 Å². The minimum Gasteiger partial charge on any atom is -0.461 e. The number of ether oxygens (including phenoxy) is 1. The molecule has 0 N–H and O–H groups in total. The van der Waals surface area contributed by atoms with Gasteiger partial charge in [0.25, 0.3) is 0 Å². The van der Waals surface area contributed by atoms with Gasteiger partial charge in [0.2, 0.25) is 0 Å². The van der Waals surface area contributed by atoms with Gasteiger partial charge >= 0.3 is 5.97 Å². The molecule has 3 atom stereocenters. The average Bonchev–Trinajstić information content (AvgIpc) is 3.01. The van der Waals surface area contributed by atoms with Crippen molar-refractivity contribution in [2.75, 3.05) is 6.54 Å². The Labute approximate surface area is 123 Å². The van der Waals surface area contributed by atoms with E-state index in [1.165, 1.54) is 0 Å². The molecule has 2 aliphatic rings. The van der Waals surface area contributed by atoms with Crippen LogP contribution in [-0.2, 0) is 16.6 Å². The SMILES string of the molecule is Cc1nn(C)c(Cl)c1[C@@H]1CCCN1[C@H]1C[C@H](C)OC1=O. The molecule has 0 amide bonds. The van der Waals surface area contributed by atoms with Crippen molar-refractivity contribution >= 4 is 17.6 Å². The van der Waals surface area contributed by atoms with Crippen LogP contribution >= 0.6 is 11.6 Å². The van der Waals surface area contributed by atoms with Gasteiger partial charge in [0, 0.05) is 25.1 Å². The zero-order valence-corrected chi connectivity index (χ0v) is 12.9. The van der Waals surface area contributed by atoms with E-state index in [0.29, 0.717) is 5.15 Å². The van der Waals surface area contributed by atoms with Gasteiger partial charge in [-0.2, -0.15) is 5.10 Å². The van der Waals surface area contributed by atoms with Crippen molar-refractivity contribution in [3.05, 3.63) is 16.4 Å². The molecular weight excluding hydrogens is 278 g/mol. The average molecular weight is 298 g/mol. The number of nitrogens with zero attached hydrogens (tertiary/aromatic N) is 3. The van der Waals surface area contributed by atoms with Crippen molar-refractivity contribution in [1.82, 2.24) is 14.7 Å². The summed E-state index contributed by atoms with van der Waals surface area (Å²) in [4.78, 5) is 14.3. The lowest BCUT2D eigenvalue weighted by Crippen LogP contribution is -2.38. The number of carbonyl (C=O) groups is 1. The Bertz CT molecular complexity index is 543. The maximum Gasteiger partial charge on any atom is 0.323 e. The van der Waals surface area contributed by atoms with Crippen LogP contribution in [0, 0.1) is 6.92 Å². The Kier molecular flexibility index (Phi) is 3.50. The number of likely N-dealkylation sites (tertiary alicyclic amines) is 1. The zero-order valence-electron chi connectivity index (χ0n) is 12.1. The Morgan fingerprint density at radius 3 is 2.70 bits per heavy atom. The summed E-state index contributed by atoms with van der Waals surface area (Å²) in [7, 11) is 1.85. The fraction of sp³-hybridized carbons (Fsp3) is 0.714. The highest BCUT2D eigenvalue weighted by Gasteiger charge is 2.43. The van der Waals surface area contributed by atoms with Crippen LogP contribution in [0.5, 0.6) is 0 Å². The summed E-state index contributed by atoms with van der Waals surface area (Å²) >= 11 is 6.39. The van der Waals surface area contributed by atoms with Gasteiger partial charge in [0.1, 0.15) is 17.3 Å². The van der Waals surface area contributed by atoms with Crippen molar-refractivity contribution in [2.45, 2.75) is 51.3 Å². The second-order valence-corrected chi connectivity index (χ2v) is 6.17. The summed E-state index contributed by atoms with van der Waals surface area (Å²) in [5.74, 6) is -0.0953. The molecule has 6 heteroatoms. The van der Waals surface area contributed by atoms with Gasteiger partial charge in [-0.3, -0.25) is 14.4 Å². The molecule has 0 aromatic carbocycles. The number of rotatable bonds is 2. The third-order valence-electron chi connectivity index (χ3n) is 4.37. The third kappa shape index (κ3) is 2.13. The number of aromatic nitrogens is 2. The molecule has 1 aromatic heterocycles. The van der Waals surface area contributed by atoms with Gasteiger partial charge in [-0.15, -0.1) is 0 Å². The highest BCUT2D eigenvalue weighted by Crippen LogP contribution is 2.40. The summed E-state index contributed by atoms with van der Waals surface area (Å²) in [6, 6.07) is 0.0484. The first-order valence-electron chi connectivity index (χ1n) is 7.14. The predicted molar refractivity (Wildman–Crippen MR) is 75.6 cm³/mol. The second kappa shape index (κ2) is 5.04. The lowest BCUT2D eigenvalue weighted by molar-refractivity contribution is -0.145. The number of cyclic esters (lactones) is 1. The van der Waals surface area contributed by atoms with E-state index in [1.807, 2.05) is 20.9 Å². The Morgan fingerprint density at radius 1 is 1.40 bits per heavy atom. The van der Waals surface area contributed by atoms with Crippen LogP contribution in [0.15, 0.2) is 0 Å². The van der Waals surface area contributed by atoms with E-state index < -0.39 is 0 Å². The highest BCUT2D eigenvalue weighted by atomic mass is 35.5. The van der Waals surface area contributed by atoms with E-state index >= 15 is 0 Å². The minimum atomic E-state index is -0.131. The standard InChI is InChI=1S/C14H20ClN3O2/c1-8-7-11(14(19)20-8)18-6-4-5-10(18)12-9(2)16-17(3)13(12)15/h8,10-11H,4-7H2,1-3H3/t8-,10-,11-/m0/s1. The summed E-state index contributed by atoms with van der Waals surface area (Å²) in [5.41, 5.74) is 2.02. The van der Waals surface area contributed by atoms with Crippen LogP contribution in [-0.4, -0.2) is 39.3 Å². The summed E-state index contributed by atoms with van der Waals surface area (Å²) in [5, 5.41) is 5.07. The Hall–Kier alpha value is -1.07. The number of aryl methyl sites for hydroxylation is 2. The summed E-state index contributed by atoms with van der Waals surface area (Å²) < 4.78 is 7.01. The van der Waals surface area contributed by atoms with E-state index in [1.54, 1.807) is 4.68 Å². The topological polar surface area (TPSA) is 47.4 Å². The van der Waals surface area contributed by atoms with E-state index in [4.69, 9.17) is 16.3 Å². The van der Waals surface area contributed by atoms with Gasteiger partial charge in [-0.25, -0.2) is 0 Å². The molecule has 0 aliphatic carbocycles. The van der Waals surface area contributed by atoms with Crippen molar-refractivity contribution in [2.24, 2.45) is 7.05 Å². The normalized spacial score (nSPS) is 31.0. The molecule has 20 heavy (non-hydrogen) atoms. The number of hydrogen-bond donors (Lipinski definition) is 0. The Morgan fingerprint density at radius 2 is 2.15 bits per heavy atom. The molecular formula is C14H20ClN3O2. The molecule has 110 valence electrons. The molecule has 0 unspecified atom stereocenters. The molecule has 3 rings (SSSR count). The number of esters is 1. The van der Waals surface area contributed by atoms with Crippen LogP contribution in [0.2, 0.25) is 5.15 Å². The molecule has 5 nitrogen and oxygen atoms in total. The van der Waals surface area contributed by atoms with E-state index in [0.717, 1.165) is 37.1 Å². The van der Waals surface area contributed by atoms with Crippen LogP contribution in [0.4, 0.5) is 0 Å². The fourth-order valence-corrected chi connectivity index (χ4v) is 3.80. The van der Waals surface area contributed by atoms with Crippen LogP contribution in [0.3, 0.4) is 0 Å². The van der Waals surface area contributed by atoms with Gasteiger partial charge < -0.3 is 4.74 Å². The monoisotopic (exact) mass is 297 g/mol. The second-order valence-electron chi connectivity index (χ2n) is 5.81. The van der Waals surface area contributed by atoms with Crippen LogP contribution in [0.1, 0.15) is 43.5 Å². The van der Waals surface area contributed by atoms with Gasteiger partial charge in [0.15, 0.2) is 0 Å². The largest absolute Gasteiger partial charge is 0.461 e. The van der Waals surface area contributed by atoms with Crippen molar-refractivity contribution in [3.8, 4) is 0 Å². The van der Waals surface area contributed by atoms with E-state index in [2.05, 4.69) is 10.00 Å². The summed E-state index contributed by atoms with van der Waals surface area (Å²) in [6.45, 7) is 4.85.